The van der Waals surface area contributed by atoms with Crippen molar-refractivity contribution in [2.75, 3.05) is 27.2 Å². The molecule has 3 rings (SSSR count). The van der Waals surface area contributed by atoms with Gasteiger partial charge in [-0.15, -0.1) is 0 Å². The molecule has 1 atom stereocenters. The SMILES string of the molecule is CC(C)Oc1ccc(/C(O)=C2\C(=O)C(=O)N(CCCN(C)C)[C@H]2c2ccc(O)cc2)cc1. The van der Waals surface area contributed by atoms with Crippen LogP contribution in [0.2, 0.25) is 0 Å². The van der Waals surface area contributed by atoms with Crippen molar-refractivity contribution in [3.8, 4) is 11.5 Å². The van der Waals surface area contributed by atoms with E-state index in [9.17, 15) is 19.8 Å². The normalized spacial score (nSPS) is 18.1. The molecular weight excluding hydrogens is 408 g/mol. The molecule has 1 aliphatic heterocycles. The van der Waals surface area contributed by atoms with Crippen molar-refractivity contribution in [3.05, 3.63) is 65.2 Å². The largest absolute Gasteiger partial charge is 0.508 e. The van der Waals surface area contributed by atoms with Gasteiger partial charge in [0.25, 0.3) is 11.7 Å². The summed E-state index contributed by atoms with van der Waals surface area (Å²) >= 11 is 0. The Labute approximate surface area is 188 Å². The maximum absolute atomic E-state index is 13.0. The summed E-state index contributed by atoms with van der Waals surface area (Å²) in [6.45, 7) is 4.96. The summed E-state index contributed by atoms with van der Waals surface area (Å²) in [6, 6.07) is 12.4. The molecule has 32 heavy (non-hydrogen) atoms. The number of hydrogen-bond acceptors (Lipinski definition) is 6. The highest BCUT2D eigenvalue weighted by atomic mass is 16.5. The van der Waals surface area contributed by atoms with E-state index in [0.29, 0.717) is 29.8 Å². The van der Waals surface area contributed by atoms with Gasteiger partial charge in [0.15, 0.2) is 0 Å². The zero-order valence-corrected chi connectivity index (χ0v) is 18.9. The number of carbonyl (C=O) groups excluding carboxylic acids is 2. The Morgan fingerprint density at radius 1 is 1.06 bits per heavy atom. The molecular formula is C25H30N2O5. The number of benzene rings is 2. The molecule has 0 saturated carbocycles. The van der Waals surface area contributed by atoms with Crippen molar-refractivity contribution in [2.45, 2.75) is 32.4 Å². The highest BCUT2D eigenvalue weighted by Gasteiger charge is 2.45. The zero-order valence-electron chi connectivity index (χ0n) is 18.9. The lowest BCUT2D eigenvalue weighted by atomic mass is 9.95. The number of ketones is 1. The molecule has 2 aromatic rings. The van der Waals surface area contributed by atoms with E-state index in [1.807, 2.05) is 32.8 Å². The number of aromatic hydroxyl groups is 1. The van der Waals surface area contributed by atoms with Gasteiger partial charge in [0.2, 0.25) is 0 Å². The molecule has 0 bridgehead atoms. The first-order chi connectivity index (χ1) is 15.2. The number of carbonyl (C=O) groups is 2. The molecule has 7 heteroatoms. The smallest absolute Gasteiger partial charge is 0.295 e. The van der Waals surface area contributed by atoms with Crippen molar-refractivity contribution >= 4 is 17.4 Å². The van der Waals surface area contributed by atoms with E-state index in [2.05, 4.69) is 0 Å². The number of ether oxygens (including phenoxy) is 1. The van der Waals surface area contributed by atoms with E-state index in [4.69, 9.17) is 4.74 Å². The topological polar surface area (TPSA) is 90.3 Å². The molecule has 0 radical (unpaired) electrons. The summed E-state index contributed by atoms with van der Waals surface area (Å²) in [5.74, 6) is -0.849. The van der Waals surface area contributed by atoms with Gasteiger partial charge >= 0.3 is 0 Å². The van der Waals surface area contributed by atoms with Gasteiger partial charge in [-0.3, -0.25) is 9.59 Å². The van der Waals surface area contributed by atoms with Crippen molar-refractivity contribution in [1.29, 1.82) is 0 Å². The lowest BCUT2D eigenvalue weighted by Gasteiger charge is -2.26. The number of hydrogen-bond donors (Lipinski definition) is 2. The van der Waals surface area contributed by atoms with Crippen molar-refractivity contribution in [3.63, 3.8) is 0 Å². The predicted octanol–water partition coefficient (Wildman–Crippen LogP) is 3.55. The Morgan fingerprint density at radius 3 is 2.25 bits per heavy atom. The Balaban J connectivity index is 2.03. The van der Waals surface area contributed by atoms with E-state index >= 15 is 0 Å². The minimum atomic E-state index is -0.732. The first kappa shape index (κ1) is 23.3. The number of nitrogens with zero attached hydrogens (tertiary/aromatic N) is 2. The third-order valence-corrected chi connectivity index (χ3v) is 5.25. The lowest BCUT2D eigenvalue weighted by Crippen LogP contribution is -2.32. The second kappa shape index (κ2) is 9.87. The van der Waals surface area contributed by atoms with Crippen LogP contribution in [0.4, 0.5) is 0 Å². The molecule has 1 amide bonds. The number of likely N-dealkylation sites (tertiary alicyclic amines) is 1. The fourth-order valence-electron chi connectivity index (χ4n) is 3.79. The standard InChI is InChI=1S/C25H30N2O5/c1-16(2)32-20-12-8-18(9-13-20)23(29)21-22(17-6-10-19(28)11-7-17)27(25(31)24(21)30)15-5-14-26(3)4/h6-13,16,22,28-29H,5,14-15H2,1-4H3/b23-21+/t22-/m0/s1. The van der Waals surface area contributed by atoms with Crippen molar-refractivity contribution in [1.82, 2.24) is 9.80 Å². The summed E-state index contributed by atoms with van der Waals surface area (Å²) in [5.41, 5.74) is 1.12. The van der Waals surface area contributed by atoms with Gasteiger partial charge in [-0.2, -0.15) is 0 Å². The monoisotopic (exact) mass is 438 g/mol. The second-order valence-corrected chi connectivity index (χ2v) is 8.43. The molecule has 1 fully saturated rings. The third kappa shape index (κ3) is 5.11. The average Bonchev–Trinajstić information content (AvgIpc) is 2.99. The van der Waals surface area contributed by atoms with Crippen LogP contribution in [0.15, 0.2) is 54.1 Å². The molecule has 2 aromatic carbocycles. The van der Waals surface area contributed by atoms with Crippen LogP contribution in [0, 0.1) is 0 Å². The first-order valence-electron chi connectivity index (χ1n) is 10.7. The van der Waals surface area contributed by atoms with Crippen LogP contribution in [-0.4, -0.2) is 65.0 Å². The maximum Gasteiger partial charge on any atom is 0.295 e. The Bertz CT molecular complexity index is 994. The Kier molecular flexibility index (Phi) is 7.20. The van der Waals surface area contributed by atoms with Crippen LogP contribution >= 0.6 is 0 Å². The molecule has 1 saturated heterocycles. The van der Waals surface area contributed by atoms with E-state index in [0.717, 1.165) is 6.54 Å². The number of phenolic OH excluding ortho intramolecular Hbond substituents is 1. The highest BCUT2D eigenvalue weighted by molar-refractivity contribution is 6.46. The number of amides is 1. The van der Waals surface area contributed by atoms with Gasteiger partial charge in [0, 0.05) is 12.1 Å². The third-order valence-electron chi connectivity index (χ3n) is 5.25. The Hall–Kier alpha value is -3.32. The van der Waals surface area contributed by atoms with E-state index in [-0.39, 0.29) is 23.2 Å². The van der Waals surface area contributed by atoms with Gasteiger partial charge in [-0.05, 0) is 82.9 Å². The van der Waals surface area contributed by atoms with Crippen LogP contribution in [0.25, 0.3) is 5.76 Å². The number of aliphatic hydroxyl groups is 1. The van der Waals surface area contributed by atoms with Crippen LogP contribution in [-0.2, 0) is 9.59 Å². The van der Waals surface area contributed by atoms with E-state index in [1.54, 1.807) is 36.4 Å². The van der Waals surface area contributed by atoms with Crippen LogP contribution in [0.5, 0.6) is 11.5 Å². The molecule has 170 valence electrons. The van der Waals surface area contributed by atoms with Crippen molar-refractivity contribution in [2.24, 2.45) is 0 Å². The average molecular weight is 439 g/mol. The summed E-state index contributed by atoms with van der Waals surface area (Å²) in [6.07, 6.45) is 0.687. The van der Waals surface area contributed by atoms with Gasteiger partial charge in [0.05, 0.1) is 17.7 Å². The number of rotatable bonds is 8. The molecule has 1 heterocycles. The zero-order chi connectivity index (χ0) is 23.4. The van der Waals surface area contributed by atoms with E-state index < -0.39 is 17.7 Å². The van der Waals surface area contributed by atoms with Gasteiger partial charge in [0.1, 0.15) is 17.3 Å². The number of phenols is 1. The minimum Gasteiger partial charge on any atom is -0.508 e. The van der Waals surface area contributed by atoms with Crippen LogP contribution in [0.1, 0.15) is 37.4 Å². The number of aliphatic hydroxyl groups excluding tert-OH is 1. The summed E-state index contributed by atoms with van der Waals surface area (Å²) in [7, 11) is 3.89. The fraction of sp³-hybridized carbons (Fsp3) is 0.360. The predicted molar refractivity (Wildman–Crippen MR) is 122 cm³/mol. The van der Waals surface area contributed by atoms with Gasteiger partial charge in [-0.25, -0.2) is 0 Å². The summed E-state index contributed by atoms with van der Waals surface area (Å²) in [5, 5.41) is 20.8. The summed E-state index contributed by atoms with van der Waals surface area (Å²) in [4.78, 5) is 29.4. The molecule has 7 nitrogen and oxygen atoms in total. The fourth-order valence-corrected chi connectivity index (χ4v) is 3.79. The molecule has 0 spiro atoms. The van der Waals surface area contributed by atoms with Gasteiger partial charge < -0.3 is 24.7 Å². The molecule has 0 unspecified atom stereocenters. The van der Waals surface area contributed by atoms with E-state index in [1.165, 1.54) is 17.0 Å². The maximum atomic E-state index is 13.0. The molecule has 1 aliphatic rings. The lowest BCUT2D eigenvalue weighted by molar-refractivity contribution is -0.139. The quantitative estimate of drug-likeness (QED) is 0.372. The minimum absolute atomic E-state index is 0.0106. The first-order valence-corrected chi connectivity index (χ1v) is 10.7. The highest BCUT2D eigenvalue weighted by Crippen LogP contribution is 2.40. The van der Waals surface area contributed by atoms with Crippen LogP contribution < -0.4 is 4.74 Å². The second-order valence-electron chi connectivity index (χ2n) is 8.43. The number of Topliss-reactive ketones (excluding diaryl/α,β-unsaturated/α-hetero) is 1. The molecule has 0 aromatic heterocycles. The molecule has 0 aliphatic carbocycles. The molecule has 2 N–H and O–H groups in total. The van der Waals surface area contributed by atoms with Crippen molar-refractivity contribution < 1.29 is 24.5 Å². The Morgan fingerprint density at radius 2 is 1.69 bits per heavy atom. The summed E-state index contributed by atoms with van der Waals surface area (Å²) < 4.78 is 5.64. The van der Waals surface area contributed by atoms with Crippen LogP contribution in [0.3, 0.4) is 0 Å². The van der Waals surface area contributed by atoms with Gasteiger partial charge in [-0.1, -0.05) is 12.1 Å².